The quantitative estimate of drug-likeness (QED) is 0.674. The third-order valence-corrected chi connectivity index (χ3v) is 4.60. The first-order valence-corrected chi connectivity index (χ1v) is 7.45. The summed E-state index contributed by atoms with van der Waals surface area (Å²) in [6.45, 7) is 3.13. The van der Waals surface area contributed by atoms with Crippen LogP contribution in [-0.4, -0.2) is 56.9 Å². The molecule has 1 atom stereocenters. The van der Waals surface area contributed by atoms with Gasteiger partial charge in [0.15, 0.2) is 9.84 Å². The summed E-state index contributed by atoms with van der Waals surface area (Å²) >= 11 is 0. The molecule has 0 radical (unpaired) electrons. The Bertz CT molecular complexity index is 340. The van der Waals surface area contributed by atoms with Crippen molar-refractivity contribution in [1.82, 2.24) is 10.2 Å². The zero-order valence-corrected chi connectivity index (χ0v) is 10.7. The fraction of sp³-hybridized carbons (Fsp3) is 0.900. The Labute approximate surface area is 97.1 Å². The zero-order chi connectivity index (χ0) is 12.2. The molecule has 1 N–H and O–H groups in total. The van der Waals surface area contributed by atoms with Gasteiger partial charge < -0.3 is 10.2 Å². The summed E-state index contributed by atoms with van der Waals surface area (Å²) in [6.07, 6.45) is 1.55. The molecule has 0 aromatic heterocycles. The summed E-state index contributed by atoms with van der Waals surface area (Å²) in [5.74, 6) is 0.288. The molecule has 0 aromatic carbocycles. The summed E-state index contributed by atoms with van der Waals surface area (Å²) < 4.78 is 22.5. The molecule has 1 heterocycles. The summed E-state index contributed by atoms with van der Waals surface area (Å²) in [5, 5.41) is 3.02. The Morgan fingerprint density at radius 3 is 2.69 bits per heavy atom. The third kappa shape index (κ3) is 3.75. The van der Waals surface area contributed by atoms with Gasteiger partial charge in [-0.3, -0.25) is 4.79 Å². The highest BCUT2D eigenvalue weighted by Gasteiger charge is 2.32. The van der Waals surface area contributed by atoms with E-state index < -0.39 is 9.84 Å². The van der Waals surface area contributed by atoms with Crippen LogP contribution in [0.3, 0.4) is 0 Å². The number of amides is 1. The topological polar surface area (TPSA) is 66.5 Å². The van der Waals surface area contributed by atoms with Gasteiger partial charge in [0.2, 0.25) is 5.91 Å². The average molecular weight is 248 g/mol. The van der Waals surface area contributed by atoms with Crippen LogP contribution < -0.4 is 5.32 Å². The van der Waals surface area contributed by atoms with Crippen molar-refractivity contribution in [3.05, 3.63) is 0 Å². The molecule has 0 aromatic rings. The molecule has 94 valence electrons. The van der Waals surface area contributed by atoms with Crippen LogP contribution in [0.1, 0.15) is 19.8 Å². The third-order valence-electron chi connectivity index (χ3n) is 2.85. The van der Waals surface area contributed by atoms with Crippen LogP contribution in [0.2, 0.25) is 0 Å². The Kier molecular flexibility index (Phi) is 4.73. The molecule has 6 heteroatoms. The minimum absolute atomic E-state index is 0.0319. The van der Waals surface area contributed by atoms with Gasteiger partial charge in [0, 0.05) is 13.1 Å². The Morgan fingerprint density at radius 1 is 1.50 bits per heavy atom. The summed E-state index contributed by atoms with van der Waals surface area (Å²) in [5.41, 5.74) is 0. The van der Waals surface area contributed by atoms with Crippen molar-refractivity contribution in [3.63, 3.8) is 0 Å². The van der Waals surface area contributed by atoms with Gasteiger partial charge in [-0.2, -0.15) is 0 Å². The lowest BCUT2D eigenvalue weighted by Gasteiger charge is -2.23. The van der Waals surface area contributed by atoms with Crippen LogP contribution >= 0.6 is 0 Å². The van der Waals surface area contributed by atoms with E-state index in [1.807, 2.05) is 6.92 Å². The van der Waals surface area contributed by atoms with Crippen LogP contribution in [-0.2, 0) is 14.6 Å². The number of carbonyl (C=O) groups excluding carboxylic acids is 1. The lowest BCUT2D eigenvalue weighted by atomic mass is 10.2. The Hall–Kier alpha value is -0.620. The Balaban J connectivity index is 2.40. The van der Waals surface area contributed by atoms with E-state index >= 15 is 0 Å². The summed E-state index contributed by atoms with van der Waals surface area (Å²) in [4.78, 5) is 13.2. The molecule has 1 aliphatic rings. The summed E-state index contributed by atoms with van der Waals surface area (Å²) in [7, 11) is -1.23. The highest BCUT2D eigenvalue weighted by molar-refractivity contribution is 7.91. The molecule has 1 aliphatic heterocycles. The lowest BCUT2D eigenvalue weighted by Crippen LogP contribution is -2.42. The SMILES string of the molecule is CCCNCC(=O)N(C)[C@@H]1CCS(=O)(=O)C1. The van der Waals surface area contributed by atoms with Crippen molar-refractivity contribution in [2.24, 2.45) is 0 Å². The minimum atomic E-state index is -2.91. The van der Waals surface area contributed by atoms with Gasteiger partial charge >= 0.3 is 0 Å². The van der Waals surface area contributed by atoms with E-state index in [2.05, 4.69) is 5.32 Å². The van der Waals surface area contributed by atoms with E-state index in [1.54, 1.807) is 11.9 Å². The standard InChI is InChI=1S/C10H20N2O3S/c1-3-5-11-7-10(13)12(2)9-4-6-16(14,15)8-9/h9,11H,3-8H2,1-2H3/t9-/m1/s1. The Morgan fingerprint density at radius 2 is 2.19 bits per heavy atom. The molecule has 0 bridgehead atoms. The fourth-order valence-electron chi connectivity index (χ4n) is 1.78. The smallest absolute Gasteiger partial charge is 0.236 e. The lowest BCUT2D eigenvalue weighted by molar-refractivity contribution is -0.130. The number of nitrogens with zero attached hydrogens (tertiary/aromatic N) is 1. The molecule has 0 aliphatic carbocycles. The van der Waals surface area contributed by atoms with Crippen LogP contribution in [0.15, 0.2) is 0 Å². The number of hydrogen-bond donors (Lipinski definition) is 1. The largest absolute Gasteiger partial charge is 0.341 e. The van der Waals surface area contributed by atoms with E-state index in [4.69, 9.17) is 0 Å². The zero-order valence-electron chi connectivity index (χ0n) is 9.90. The number of carbonyl (C=O) groups is 1. The number of nitrogens with one attached hydrogen (secondary N) is 1. The first-order valence-electron chi connectivity index (χ1n) is 5.63. The van der Waals surface area contributed by atoms with Crippen LogP contribution in [0, 0.1) is 0 Å². The summed E-state index contributed by atoms with van der Waals surface area (Å²) in [6, 6.07) is -0.138. The van der Waals surface area contributed by atoms with Gasteiger partial charge in [0.05, 0.1) is 18.1 Å². The van der Waals surface area contributed by atoms with Crippen molar-refractivity contribution in [3.8, 4) is 0 Å². The number of hydrogen-bond acceptors (Lipinski definition) is 4. The van der Waals surface area contributed by atoms with E-state index in [1.165, 1.54) is 0 Å². The fourth-order valence-corrected chi connectivity index (χ4v) is 3.56. The molecule has 0 saturated carbocycles. The molecule has 0 spiro atoms. The molecule has 5 nitrogen and oxygen atoms in total. The van der Waals surface area contributed by atoms with E-state index in [0.29, 0.717) is 13.0 Å². The maximum atomic E-state index is 11.7. The van der Waals surface area contributed by atoms with Gasteiger partial charge in [0.1, 0.15) is 0 Å². The minimum Gasteiger partial charge on any atom is -0.341 e. The highest BCUT2D eigenvalue weighted by atomic mass is 32.2. The van der Waals surface area contributed by atoms with Gasteiger partial charge in [-0.25, -0.2) is 8.42 Å². The predicted molar refractivity (Wildman–Crippen MR) is 63.0 cm³/mol. The highest BCUT2D eigenvalue weighted by Crippen LogP contribution is 2.16. The van der Waals surface area contributed by atoms with E-state index in [0.717, 1.165) is 13.0 Å². The van der Waals surface area contributed by atoms with Crippen molar-refractivity contribution < 1.29 is 13.2 Å². The maximum Gasteiger partial charge on any atom is 0.236 e. The molecular weight excluding hydrogens is 228 g/mol. The molecule has 16 heavy (non-hydrogen) atoms. The normalized spacial score (nSPS) is 23.2. The van der Waals surface area contributed by atoms with Crippen LogP contribution in [0.4, 0.5) is 0 Å². The number of sulfone groups is 1. The van der Waals surface area contributed by atoms with Crippen molar-refractivity contribution in [2.75, 3.05) is 31.6 Å². The second-order valence-electron chi connectivity index (χ2n) is 4.24. The second-order valence-corrected chi connectivity index (χ2v) is 6.47. The first kappa shape index (κ1) is 13.4. The monoisotopic (exact) mass is 248 g/mol. The van der Waals surface area contributed by atoms with E-state index in [-0.39, 0.29) is 23.5 Å². The van der Waals surface area contributed by atoms with Crippen LogP contribution in [0.5, 0.6) is 0 Å². The predicted octanol–water partition coefficient (Wildman–Crippen LogP) is -0.368. The molecular formula is C10H20N2O3S. The number of likely N-dealkylation sites (N-methyl/N-ethyl adjacent to an activating group) is 1. The van der Waals surface area contributed by atoms with Crippen molar-refractivity contribution in [1.29, 1.82) is 0 Å². The van der Waals surface area contributed by atoms with Crippen LogP contribution in [0.25, 0.3) is 0 Å². The van der Waals surface area contributed by atoms with Crippen molar-refractivity contribution in [2.45, 2.75) is 25.8 Å². The van der Waals surface area contributed by atoms with Crippen molar-refractivity contribution >= 4 is 15.7 Å². The molecule has 0 unspecified atom stereocenters. The van der Waals surface area contributed by atoms with Gasteiger partial charge in [-0.05, 0) is 19.4 Å². The first-order chi connectivity index (χ1) is 7.46. The molecule has 1 fully saturated rings. The number of rotatable bonds is 5. The molecule has 1 amide bonds. The maximum absolute atomic E-state index is 11.7. The molecule has 1 saturated heterocycles. The van der Waals surface area contributed by atoms with Gasteiger partial charge in [-0.1, -0.05) is 6.92 Å². The van der Waals surface area contributed by atoms with Gasteiger partial charge in [0.25, 0.3) is 0 Å². The van der Waals surface area contributed by atoms with E-state index in [9.17, 15) is 13.2 Å². The van der Waals surface area contributed by atoms with Gasteiger partial charge in [-0.15, -0.1) is 0 Å². The molecule has 1 rings (SSSR count). The average Bonchev–Trinajstić information content (AvgIpc) is 2.58. The second kappa shape index (κ2) is 5.63.